The molecule has 6 heteroatoms. The van der Waals surface area contributed by atoms with Crippen molar-refractivity contribution in [1.82, 2.24) is 15.3 Å². The van der Waals surface area contributed by atoms with E-state index in [9.17, 15) is 0 Å². The van der Waals surface area contributed by atoms with Crippen LogP contribution in [0.25, 0.3) is 16.9 Å². The number of aromatic nitrogens is 2. The van der Waals surface area contributed by atoms with E-state index in [0.717, 1.165) is 5.56 Å². The maximum absolute atomic E-state index is 4.17. The van der Waals surface area contributed by atoms with Crippen molar-refractivity contribution in [3.05, 3.63) is 59.9 Å². The van der Waals surface area contributed by atoms with Gasteiger partial charge in [-0.1, -0.05) is 12.1 Å². The Labute approximate surface area is 147 Å². The summed E-state index contributed by atoms with van der Waals surface area (Å²) in [7, 11) is 5.59. The van der Waals surface area contributed by atoms with Crippen LogP contribution in [0, 0.1) is 6.92 Å². The minimum Gasteiger partial charge on any atom is -0.358 e. The van der Waals surface area contributed by atoms with E-state index < -0.39 is 0 Å². The molecule has 0 amide bonds. The van der Waals surface area contributed by atoms with E-state index in [-0.39, 0.29) is 0 Å². The lowest BCUT2D eigenvalue weighted by Gasteiger charge is -2.02. The second kappa shape index (κ2) is 7.17. The highest BCUT2D eigenvalue weighted by Crippen LogP contribution is 2.20. The lowest BCUT2D eigenvalue weighted by atomic mass is 10.1. The zero-order chi connectivity index (χ0) is 17.8. The topological polar surface area (TPSA) is 57.8 Å². The lowest BCUT2D eigenvalue weighted by molar-refractivity contribution is -0.510. The van der Waals surface area contributed by atoms with Gasteiger partial charge in [0.2, 0.25) is 5.96 Å². The van der Waals surface area contributed by atoms with Crippen molar-refractivity contribution in [1.29, 1.82) is 0 Å². The zero-order valence-electron chi connectivity index (χ0n) is 15.0. The van der Waals surface area contributed by atoms with Crippen LogP contribution in [0.2, 0.25) is 0 Å². The first-order valence-corrected chi connectivity index (χ1v) is 8.14. The van der Waals surface area contributed by atoms with Crippen LogP contribution in [0.15, 0.2) is 58.9 Å². The van der Waals surface area contributed by atoms with E-state index in [1.807, 2.05) is 0 Å². The van der Waals surface area contributed by atoms with Crippen LogP contribution in [-0.2, 0) is 7.05 Å². The molecule has 25 heavy (non-hydrogen) atoms. The largest absolute Gasteiger partial charge is 0.358 e. The number of benzene rings is 1. The molecule has 3 rings (SSSR count). The SMILES string of the molecule is CN=C(NC)N/N=C/c1ccc(-c2c[n+]3ccc(C)cc3n2C)cc1. The Hall–Kier alpha value is -3.15. The molecule has 0 radical (unpaired) electrons. The summed E-state index contributed by atoms with van der Waals surface area (Å²) in [6.45, 7) is 2.11. The van der Waals surface area contributed by atoms with Gasteiger partial charge in [0.25, 0.3) is 5.65 Å². The van der Waals surface area contributed by atoms with Crippen LogP contribution < -0.4 is 15.1 Å². The Balaban J connectivity index is 1.83. The Morgan fingerprint density at radius 1 is 1.20 bits per heavy atom. The smallest absolute Gasteiger partial charge is 0.286 e. The Kier molecular flexibility index (Phi) is 4.79. The molecule has 0 spiro atoms. The van der Waals surface area contributed by atoms with Gasteiger partial charge in [-0.05, 0) is 36.2 Å². The molecule has 6 nitrogen and oxygen atoms in total. The normalized spacial score (nSPS) is 12.1. The number of rotatable bonds is 3. The molecular formula is C19H23N6+. The molecule has 0 unspecified atom stereocenters. The number of fused-ring (bicyclic) bond motifs is 1. The van der Waals surface area contributed by atoms with Gasteiger partial charge < -0.3 is 5.32 Å². The standard InChI is InChI=1S/C19H23N6/c1-14-9-10-25-13-17(24(4)18(25)11-14)16-7-5-15(6-8-16)12-22-23-19(20-2)21-3/h5-13H,1-4H3,(H2,20,21,23)/q+1/b22-12+. The van der Waals surface area contributed by atoms with Crippen molar-refractivity contribution in [2.24, 2.45) is 17.1 Å². The molecule has 0 saturated carbocycles. The molecule has 0 aliphatic rings. The number of hydrogen-bond acceptors (Lipinski definition) is 2. The minimum absolute atomic E-state index is 0.621. The monoisotopic (exact) mass is 335 g/mol. The minimum atomic E-state index is 0.621. The fraction of sp³-hybridized carbons (Fsp3) is 0.211. The lowest BCUT2D eigenvalue weighted by Crippen LogP contribution is -2.30. The first-order chi connectivity index (χ1) is 12.1. The summed E-state index contributed by atoms with van der Waals surface area (Å²) in [5, 5.41) is 7.08. The third-order valence-corrected chi connectivity index (χ3v) is 4.14. The predicted molar refractivity (Wildman–Crippen MR) is 102 cm³/mol. The average molecular weight is 335 g/mol. The fourth-order valence-corrected chi connectivity index (χ4v) is 2.72. The van der Waals surface area contributed by atoms with Crippen molar-refractivity contribution in [2.75, 3.05) is 14.1 Å². The molecule has 0 fully saturated rings. The Morgan fingerprint density at radius 2 is 1.96 bits per heavy atom. The summed E-state index contributed by atoms with van der Waals surface area (Å²) in [6, 6.07) is 12.6. The van der Waals surface area contributed by atoms with E-state index >= 15 is 0 Å². The molecule has 128 valence electrons. The van der Waals surface area contributed by atoms with Crippen LogP contribution in [0.3, 0.4) is 0 Å². The maximum atomic E-state index is 4.17. The van der Waals surface area contributed by atoms with Crippen molar-refractivity contribution in [2.45, 2.75) is 6.92 Å². The summed E-state index contributed by atoms with van der Waals surface area (Å²) < 4.78 is 4.35. The molecule has 2 heterocycles. The number of guanidine groups is 1. The average Bonchev–Trinajstić information content (AvgIpc) is 2.96. The number of imidazole rings is 1. The summed E-state index contributed by atoms with van der Waals surface area (Å²) >= 11 is 0. The second-order valence-corrected chi connectivity index (χ2v) is 5.86. The number of hydrazone groups is 1. The van der Waals surface area contributed by atoms with Crippen molar-refractivity contribution in [3.63, 3.8) is 0 Å². The van der Waals surface area contributed by atoms with Crippen LogP contribution in [0.1, 0.15) is 11.1 Å². The summed E-state index contributed by atoms with van der Waals surface area (Å²) in [6.07, 6.45) is 6.01. The fourth-order valence-electron chi connectivity index (χ4n) is 2.72. The predicted octanol–water partition coefficient (Wildman–Crippen LogP) is 1.87. The maximum Gasteiger partial charge on any atom is 0.286 e. The number of nitrogens with zero attached hydrogens (tertiary/aromatic N) is 4. The molecule has 2 N–H and O–H groups in total. The number of aliphatic imine (C=N–C) groups is 1. The van der Waals surface area contributed by atoms with Gasteiger partial charge in [-0.2, -0.15) is 5.10 Å². The van der Waals surface area contributed by atoms with Crippen LogP contribution >= 0.6 is 0 Å². The van der Waals surface area contributed by atoms with E-state index in [2.05, 4.69) is 92.6 Å². The molecular weight excluding hydrogens is 312 g/mol. The molecule has 0 aliphatic carbocycles. The number of hydrogen-bond donors (Lipinski definition) is 2. The molecule has 2 aromatic heterocycles. The van der Waals surface area contributed by atoms with Gasteiger partial charge in [0.05, 0.1) is 19.5 Å². The van der Waals surface area contributed by atoms with Gasteiger partial charge in [0, 0.05) is 25.7 Å². The van der Waals surface area contributed by atoms with Gasteiger partial charge in [-0.15, -0.1) is 0 Å². The van der Waals surface area contributed by atoms with Crippen LogP contribution in [0.5, 0.6) is 0 Å². The van der Waals surface area contributed by atoms with E-state index in [4.69, 9.17) is 0 Å². The Bertz CT molecular complexity index is 934. The summed E-state index contributed by atoms with van der Waals surface area (Å²) in [4.78, 5) is 4.00. The number of nitrogens with one attached hydrogen (secondary N) is 2. The molecule has 1 aromatic carbocycles. The molecule has 0 saturated heterocycles. The third kappa shape index (κ3) is 3.52. The highest BCUT2D eigenvalue weighted by molar-refractivity contribution is 5.84. The molecule has 3 aromatic rings. The number of aryl methyl sites for hydroxylation is 2. The van der Waals surface area contributed by atoms with Crippen LogP contribution in [-0.4, -0.2) is 30.8 Å². The van der Waals surface area contributed by atoms with Gasteiger partial charge in [0.1, 0.15) is 6.20 Å². The van der Waals surface area contributed by atoms with Crippen molar-refractivity contribution >= 4 is 17.8 Å². The van der Waals surface area contributed by atoms with Crippen molar-refractivity contribution < 1.29 is 4.40 Å². The molecule has 0 aliphatic heterocycles. The highest BCUT2D eigenvalue weighted by atomic mass is 15.4. The quantitative estimate of drug-likeness (QED) is 0.332. The van der Waals surface area contributed by atoms with Gasteiger partial charge in [-0.25, -0.2) is 14.4 Å². The van der Waals surface area contributed by atoms with Crippen molar-refractivity contribution in [3.8, 4) is 11.3 Å². The Morgan fingerprint density at radius 3 is 2.64 bits per heavy atom. The second-order valence-electron chi connectivity index (χ2n) is 5.86. The van der Waals surface area contributed by atoms with Gasteiger partial charge in [0.15, 0.2) is 5.69 Å². The first kappa shape index (κ1) is 16.7. The van der Waals surface area contributed by atoms with Crippen LogP contribution in [0.4, 0.5) is 0 Å². The van der Waals surface area contributed by atoms with E-state index in [1.54, 1.807) is 20.3 Å². The number of pyridine rings is 1. The molecule has 0 bridgehead atoms. The van der Waals surface area contributed by atoms with Gasteiger partial charge >= 0.3 is 0 Å². The van der Waals surface area contributed by atoms with E-state index in [0.29, 0.717) is 5.96 Å². The first-order valence-electron chi connectivity index (χ1n) is 8.14. The summed E-state index contributed by atoms with van der Waals surface area (Å²) in [5.74, 6) is 0.621. The molecule has 0 atom stereocenters. The van der Waals surface area contributed by atoms with E-state index in [1.165, 1.54) is 22.5 Å². The summed E-state index contributed by atoms with van der Waals surface area (Å²) in [5.41, 5.74) is 8.62. The highest BCUT2D eigenvalue weighted by Gasteiger charge is 2.15. The van der Waals surface area contributed by atoms with Gasteiger partial charge in [-0.3, -0.25) is 4.99 Å². The third-order valence-electron chi connectivity index (χ3n) is 4.14. The zero-order valence-corrected chi connectivity index (χ0v) is 15.0.